The lowest BCUT2D eigenvalue weighted by atomic mass is 10.1. The van der Waals surface area contributed by atoms with Crippen LogP contribution in [0.5, 0.6) is 5.75 Å². The fourth-order valence-corrected chi connectivity index (χ4v) is 2.15. The molecular formula is C18H19F3N2O2. The van der Waals surface area contributed by atoms with E-state index in [1.807, 2.05) is 30.3 Å². The Morgan fingerprint density at radius 2 is 1.68 bits per heavy atom. The average Bonchev–Trinajstić information content (AvgIpc) is 2.59. The Morgan fingerprint density at radius 3 is 2.28 bits per heavy atom. The van der Waals surface area contributed by atoms with Gasteiger partial charge in [0.25, 0.3) is 0 Å². The van der Waals surface area contributed by atoms with Crippen molar-refractivity contribution in [3.63, 3.8) is 0 Å². The monoisotopic (exact) mass is 352 g/mol. The van der Waals surface area contributed by atoms with Gasteiger partial charge in [0.1, 0.15) is 5.75 Å². The Morgan fingerprint density at radius 1 is 1.04 bits per heavy atom. The molecule has 3 N–H and O–H groups in total. The van der Waals surface area contributed by atoms with Crippen LogP contribution in [0.2, 0.25) is 0 Å². The van der Waals surface area contributed by atoms with Crippen LogP contribution in [0.1, 0.15) is 11.1 Å². The van der Waals surface area contributed by atoms with Gasteiger partial charge in [-0.3, -0.25) is 4.79 Å². The number of carbonyl (C=O) groups excluding carboxylic acids is 1. The van der Waals surface area contributed by atoms with Gasteiger partial charge in [0.2, 0.25) is 5.91 Å². The fraction of sp³-hybridized carbons (Fsp3) is 0.278. The molecule has 0 bridgehead atoms. The Kier molecular flexibility index (Phi) is 6.41. The normalized spacial score (nSPS) is 12.5. The van der Waals surface area contributed by atoms with Crippen molar-refractivity contribution in [1.29, 1.82) is 0 Å². The minimum atomic E-state index is -4.37. The van der Waals surface area contributed by atoms with Gasteiger partial charge in [-0.25, -0.2) is 0 Å². The van der Waals surface area contributed by atoms with E-state index in [0.29, 0.717) is 6.42 Å². The first-order valence-electron chi connectivity index (χ1n) is 7.69. The standard InChI is InChI=1S/C18H19F3N2O2/c19-18(20,21)12-25-15-8-6-14(7-9-15)11-23-17(24)16(22)10-13-4-2-1-3-5-13/h1-9,16H,10-12,22H2,(H,23,24). The van der Waals surface area contributed by atoms with E-state index in [2.05, 4.69) is 10.1 Å². The number of halogens is 3. The molecule has 7 heteroatoms. The maximum absolute atomic E-state index is 12.1. The first-order valence-corrected chi connectivity index (χ1v) is 7.69. The highest BCUT2D eigenvalue weighted by Crippen LogP contribution is 2.18. The third-order valence-corrected chi connectivity index (χ3v) is 3.43. The maximum Gasteiger partial charge on any atom is 0.422 e. The number of alkyl halides is 3. The van der Waals surface area contributed by atoms with Gasteiger partial charge >= 0.3 is 6.18 Å². The van der Waals surface area contributed by atoms with Crippen LogP contribution in [0.15, 0.2) is 54.6 Å². The van der Waals surface area contributed by atoms with Gasteiger partial charge in [-0.05, 0) is 29.7 Å². The molecule has 0 spiro atoms. The summed E-state index contributed by atoms with van der Waals surface area (Å²) < 4.78 is 40.9. The van der Waals surface area contributed by atoms with Crippen LogP contribution in [0.4, 0.5) is 13.2 Å². The molecule has 0 fully saturated rings. The summed E-state index contributed by atoms with van der Waals surface area (Å²) in [6, 6.07) is 14.8. The Hall–Kier alpha value is -2.54. The number of amides is 1. The number of hydrogen-bond donors (Lipinski definition) is 2. The lowest BCUT2D eigenvalue weighted by Crippen LogP contribution is -2.41. The Bertz CT molecular complexity index is 673. The van der Waals surface area contributed by atoms with Crippen LogP contribution in [0.25, 0.3) is 0 Å². The summed E-state index contributed by atoms with van der Waals surface area (Å²) in [6.45, 7) is -1.10. The van der Waals surface area contributed by atoms with E-state index in [1.54, 1.807) is 12.1 Å². The summed E-state index contributed by atoms with van der Waals surface area (Å²) >= 11 is 0. The molecule has 0 saturated heterocycles. The number of nitrogens with one attached hydrogen (secondary N) is 1. The molecule has 0 aromatic heterocycles. The smallest absolute Gasteiger partial charge is 0.422 e. The number of nitrogens with two attached hydrogens (primary N) is 1. The van der Waals surface area contributed by atoms with Crippen molar-refractivity contribution in [3.05, 3.63) is 65.7 Å². The van der Waals surface area contributed by atoms with Crippen LogP contribution in [-0.2, 0) is 17.8 Å². The molecule has 0 aliphatic rings. The molecule has 1 amide bonds. The van der Waals surface area contributed by atoms with E-state index in [9.17, 15) is 18.0 Å². The number of rotatable bonds is 7. The second kappa shape index (κ2) is 8.53. The van der Waals surface area contributed by atoms with Crippen molar-refractivity contribution < 1.29 is 22.7 Å². The zero-order valence-corrected chi connectivity index (χ0v) is 13.4. The molecule has 2 aromatic carbocycles. The van der Waals surface area contributed by atoms with Crippen molar-refractivity contribution in [2.24, 2.45) is 5.73 Å². The quantitative estimate of drug-likeness (QED) is 0.805. The fourth-order valence-electron chi connectivity index (χ4n) is 2.15. The molecule has 0 aliphatic carbocycles. The van der Waals surface area contributed by atoms with Crippen molar-refractivity contribution >= 4 is 5.91 Å². The van der Waals surface area contributed by atoms with E-state index >= 15 is 0 Å². The van der Waals surface area contributed by atoms with Crippen LogP contribution in [0.3, 0.4) is 0 Å². The molecule has 2 aromatic rings. The summed E-state index contributed by atoms with van der Waals surface area (Å²) in [4.78, 5) is 12.0. The van der Waals surface area contributed by atoms with Gasteiger partial charge in [0.15, 0.2) is 6.61 Å². The lowest BCUT2D eigenvalue weighted by molar-refractivity contribution is -0.153. The molecule has 1 atom stereocenters. The van der Waals surface area contributed by atoms with Crippen LogP contribution < -0.4 is 15.8 Å². The van der Waals surface area contributed by atoms with Crippen LogP contribution in [-0.4, -0.2) is 24.7 Å². The number of ether oxygens (including phenoxy) is 1. The zero-order valence-electron chi connectivity index (χ0n) is 13.4. The third kappa shape index (κ3) is 6.84. The van der Waals surface area contributed by atoms with Crippen molar-refractivity contribution in [2.45, 2.75) is 25.2 Å². The minimum Gasteiger partial charge on any atom is -0.484 e. The van der Waals surface area contributed by atoms with E-state index in [1.165, 1.54) is 12.1 Å². The summed E-state index contributed by atoms with van der Waals surface area (Å²) in [5.74, 6) is -0.172. The van der Waals surface area contributed by atoms with E-state index in [-0.39, 0.29) is 18.2 Å². The molecule has 2 rings (SSSR count). The molecule has 0 radical (unpaired) electrons. The highest BCUT2D eigenvalue weighted by atomic mass is 19.4. The van der Waals surface area contributed by atoms with Gasteiger partial charge < -0.3 is 15.8 Å². The molecule has 134 valence electrons. The summed E-state index contributed by atoms with van der Waals surface area (Å²) in [5, 5.41) is 2.71. The lowest BCUT2D eigenvalue weighted by Gasteiger charge is -2.13. The number of benzene rings is 2. The van der Waals surface area contributed by atoms with Gasteiger partial charge in [0, 0.05) is 6.54 Å². The molecule has 0 saturated carbocycles. The molecule has 4 nitrogen and oxygen atoms in total. The van der Waals surface area contributed by atoms with Crippen LogP contribution in [0, 0.1) is 0 Å². The molecule has 0 heterocycles. The highest BCUT2D eigenvalue weighted by Gasteiger charge is 2.28. The summed E-state index contributed by atoms with van der Waals surface area (Å²) in [5.41, 5.74) is 7.58. The number of hydrogen-bond acceptors (Lipinski definition) is 3. The topological polar surface area (TPSA) is 64.4 Å². The molecular weight excluding hydrogens is 333 g/mol. The predicted octanol–water partition coefficient (Wildman–Crippen LogP) is 2.81. The largest absolute Gasteiger partial charge is 0.484 e. The number of carbonyl (C=O) groups is 1. The first kappa shape index (κ1) is 18.8. The molecule has 25 heavy (non-hydrogen) atoms. The first-order chi connectivity index (χ1) is 11.8. The Labute approximate surface area is 143 Å². The summed E-state index contributed by atoms with van der Waals surface area (Å²) in [6.07, 6.45) is -3.95. The Balaban J connectivity index is 1.79. The van der Waals surface area contributed by atoms with E-state index in [0.717, 1.165) is 11.1 Å². The van der Waals surface area contributed by atoms with Gasteiger partial charge in [-0.2, -0.15) is 13.2 Å². The predicted molar refractivity (Wildman–Crippen MR) is 88.0 cm³/mol. The van der Waals surface area contributed by atoms with Gasteiger partial charge in [0.05, 0.1) is 6.04 Å². The highest BCUT2D eigenvalue weighted by molar-refractivity contribution is 5.81. The van der Waals surface area contributed by atoms with Crippen LogP contribution >= 0.6 is 0 Å². The minimum absolute atomic E-state index is 0.119. The van der Waals surface area contributed by atoms with Crippen molar-refractivity contribution in [3.8, 4) is 5.75 Å². The van der Waals surface area contributed by atoms with Crippen molar-refractivity contribution in [2.75, 3.05) is 6.61 Å². The van der Waals surface area contributed by atoms with Gasteiger partial charge in [-0.15, -0.1) is 0 Å². The van der Waals surface area contributed by atoms with E-state index in [4.69, 9.17) is 5.73 Å². The molecule has 1 unspecified atom stereocenters. The second-order valence-corrected chi connectivity index (χ2v) is 5.56. The SMILES string of the molecule is NC(Cc1ccccc1)C(=O)NCc1ccc(OCC(F)(F)F)cc1. The average molecular weight is 352 g/mol. The van der Waals surface area contributed by atoms with Crippen molar-refractivity contribution in [1.82, 2.24) is 5.32 Å². The van der Waals surface area contributed by atoms with Gasteiger partial charge in [-0.1, -0.05) is 42.5 Å². The zero-order chi connectivity index (χ0) is 18.3. The third-order valence-electron chi connectivity index (χ3n) is 3.43. The maximum atomic E-state index is 12.1. The van der Waals surface area contributed by atoms with E-state index < -0.39 is 18.8 Å². The second-order valence-electron chi connectivity index (χ2n) is 5.56. The molecule has 0 aliphatic heterocycles. The summed E-state index contributed by atoms with van der Waals surface area (Å²) in [7, 11) is 0.